The van der Waals surface area contributed by atoms with Gasteiger partial charge in [-0.25, -0.2) is 0 Å². The van der Waals surface area contributed by atoms with Crippen molar-refractivity contribution in [3.05, 3.63) is 71.8 Å². The highest BCUT2D eigenvalue weighted by molar-refractivity contribution is 6.09. The minimum atomic E-state index is 0.360. The minimum absolute atomic E-state index is 0.360. The molecule has 4 aromatic rings. The molecule has 3 aromatic carbocycles. The van der Waals surface area contributed by atoms with Crippen molar-refractivity contribution in [3.63, 3.8) is 0 Å². The van der Waals surface area contributed by atoms with Gasteiger partial charge < -0.3 is 14.0 Å². The Balaban J connectivity index is 1.16. The fourth-order valence-electron chi connectivity index (χ4n) is 7.78. The molecule has 3 nitrogen and oxygen atoms in total. The average Bonchev–Trinajstić information content (AvgIpc) is 3.28. The summed E-state index contributed by atoms with van der Waals surface area (Å²) in [5.41, 5.74) is 6.59. The van der Waals surface area contributed by atoms with Crippen LogP contribution in [0.15, 0.2) is 60.7 Å². The van der Waals surface area contributed by atoms with Crippen LogP contribution in [0, 0.1) is 37.0 Å². The first-order chi connectivity index (χ1) is 16.5. The standard InChI is InChI=1S/C31H33NO2/c1-19-12-22-16-31(15-19)17-26(31)30(22)34-18-33-29-20(2)13-23(14-21(29)3)32-27-10-6-4-8-24(27)25-9-5-7-11-28(25)32/h4-11,13-14,19,22,26,30H,12,15-18H2,1-3H3. The second kappa shape index (κ2) is 7.36. The number of para-hydroxylation sites is 2. The normalized spacial score (nSPS) is 29.5. The van der Waals surface area contributed by atoms with E-state index in [9.17, 15) is 0 Å². The molecule has 3 saturated carbocycles. The molecule has 0 aliphatic heterocycles. The maximum atomic E-state index is 6.42. The van der Waals surface area contributed by atoms with E-state index >= 15 is 0 Å². The molecular weight excluding hydrogens is 418 g/mol. The Kier molecular flexibility index (Phi) is 4.45. The quantitative estimate of drug-likeness (QED) is 0.292. The molecule has 0 radical (unpaired) electrons. The predicted octanol–water partition coefficient (Wildman–Crippen LogP) is 7.58. The Morgan fingerprint density at radius 3 is 2.21 bits per heavy atom. The summed E-state index contributed by atoms with van der Waals surface area (Å²) in [7, 11) is 0. The zero-order valence-corrected chi connectivity index (χ0v) is 20.4. The van der Waals surface area contributed by atoms with E-state index in [1.165, 1.54) is 53.2 Å². The van der Waals surface area contributed by atoms with Crippen molar-refractivity contribution in [1.29, 1.82) is 0 Å². The maximum Gasteiger partial charge on any atom is 0.189 e. The molecule has 34 heavy (non-hydrogen) atoms. The summed E-state index contributed by atoms with van der Waals surface area (Å²) in [5, 5.41) is 2.58. The zero-order chi connectivity index (χ0) is 23.0. The summed E-state index contributed by atoms with van der Waals surface area (Å²) in [6.07, 6.45) is 5.91. The third kappa shape index (κ3) is 2.99. The van der Waals surface area contributed by atoms with Crippen LogP contribution in [0.5, 0.6) is 5.75 Å². The van der Waals surface area contributed by atoms with E-state index in [0.29, 0.717) is 18.3 Å². The van der Waals surface area contributed by atoms with Crippen LogP contribution in [-0.4, -0.2) is 17.5 Å². The Bertz CT molecular complexity index is 1340. The molecule has 174 valence electrons. The molecule has 5 atom stereocenters. The number of aryl methyl sites for hydroxylation is 2. The topological polar surface area (TPSA) is 23.4 Å². The molecule has 1 spiro atoms. The summed E-state index contributed by atoms with van der Waals surface area (Å²) in [6, 6.07) is 21.8. The lowest BCUT2D eigenvalue weighted by atomic mass is 9.77. The molecule has 0 N–H and O–H groups in total. The van der Waals surface area contributed by atoms with Crippen LogP contribution < -0.4 is 4.74 Å². The second-order valence-corrected chi connectivity index (χ2v) is 11.4. The highest BCUT2D eigenvalue weighted by Gasteiger charge is 2.67. The first-order valence-corrected chi connectivity index (χ1v) is 12.9. The Labute approximate surface area is 201 Å². The van der Waals surface area contributed by atoms with Crippen molar-refractivity contribution >= 4 is 21.8 Å². The lowest BCUT2D eigenvalue weighted by Crippen LogP contribution is -2.27. The second-order valence-electron chi connectivity index (χ2n) is 11.4. The number of ether oxygens (including phenoxy) is 2. The van der Waals surface area contributed by atoms with Crippen LogP contribution in [0.4, 0.5) is 0 Å². The van der Waals surface area contributed by atoms with Gasteiger partial charge in [0, 0.05) is 16.5 Å². The fraction of sp³-hybridized carbons (Fsp3) is 0.419. The Morgan fingerprint density at radius 1 is 0.882 bits per heavy atom. The van der Waals surface area contributed by atoms with Crippen molar-refractivity contribution in [2.45, 2.75) is 52.6 Å². The van der Waals surface area contributed by atoms with E-state index < -0.39 is 0 Å². The van der Waals surface area contributed by atoms with Crippen molar-refractivity contribution < 1.29 is 9.47 Å². The van der Waals surface area contributed by atoms with E-state index in [1.54, 1.807) is 0 Å². The molecule has 5 unspecified atom stereocenters. The van der Waals surface area contributed by atoms with Crippen molar-refractivity contribution in [2.24, 2.45) is 23.2 Å². The van der Waals surface area contributed by atoms with Gasteiger partial charge in [-0.15, -0.1) is 0 Å². The fourth-order valence-corrected chi connectivity index (χ4v) is 7.78. The van der Waals surface area contributed by atoms with Gasteiger partial charge >= 0.3 is 0 Å². The summed E-state index contributed by atoms with van der Waals surface area (Å²) >= 11 is 0. The van der Waals surface area contributed by atoms with Gasteiger partial charge in [0.1, 0.15) is 5.75 Å². The van der Waals surface area contributed by atoms with Crippen LogP contribution in [0.3, 0.4) is 0 Å². The van der Waals surface area contributed by atoms with Gasteiger partial charge in [0.15, 0.2) is 6.79 Å². The van der Waals surface area contributed by atoms with Crippen LogP contribution in [0.2, 0.25) is 0 Å². The smallest absolute Gasteiger partial charge is 0.189 e. The molecule has 2 bridgehead atoms. The summed E-state index contributed by atoms with van der Waals surface area (Å²) in [5.74, 6) is 3.34. The van der Waals surface area contributed by atoms with Gasteiger partial charge in [-0.1, -0.05) is 43.3 Å². The van der Waals surface area contributed by atoms with Crippen molar-refractivity contribution in [1.82, 2.24) is 4.57 Å². The van der Waals surface area contributed by atoms with Crippen LogP contribution in [0.1, 0.15) is 43.7 Å². The number of rotatable bonds is 5. The molecule has 3 aliphatic carbocycles. The monoisotopic (exact) mass is 451 g/mol. The molecular formula is C31H33NO2. The number of nitrogens with zero attached hydrogens (tertiary/aromatic N) is 1. The van der Waals surface area contributed by atoms with E-state index in [1.807, 2.05) is 0 Å². The summed E-state index contributed by atoms with van der Waals surface area (Å²) in [6.45, 7) is 7.09. The highest BCUT2D eigenvalue weighted by Crippen LogP contribution is 2.72. The molecule has 1 aromatic heterocycles. The minimum Gasteiger partial charge on any atom is -0.467 e. The van der Waals surface area contributed by atoms with E-state index in [-0.39, 0.29) is 0 Å². The largest absolute Gasteiger partial charge is 0.467 e. The van der Waals surface area contributed by atoms with Gasteiger partial charge in [-0.05, 0) is 98.1 Å². The molecule has 0 amide bonds. The van der Waals surface area contributed by atoms with Gasteiger partial charge in [0.05, 0.1) is 17.1 Å². The Hall–Kier alpha value is -2.78. The first-order valence-electron chi connectivity index (χ1n) is 12.9. The lowest BCUT2D eigenvalue weighted by Gasteiger charge is -2.30. The lowest BCUT2D eigenvalue weighted by molar-refractivity contribution is -0.0650. The van der Waals surface area contributed by atoms with Gasteiger partial charge in [-0.2, -0.15) is 0 Å². The van der Waals surface area contributed by atoms with Gasteiger partial charge in [-0.3, -0.25) is 0 Å². The van der Waals surface area contributed by atoms with Crippen molar-refractivity contribution in [2.75, 3.05) is 6.79 Å². The summed E-state index contributed by atoms with van der Waals surface area (Å²) in [4.78, 5) is 0. The first kappa shape index (κ1) is 20.6. The zero-order valence-electron chi connectivity index (χ0n) is 20.4. The maximum absolute atomic E-state index is 6.42. The Morgan fingerprint density at radius 2 is 1.53 bits per heavy atom. The number of fused-ring (bicyclic) bond motifs is 4. The molecule has 3 fully saturated rings. The van der Waals surface area contributed by atoms with Gasteiger partial charge in [0.2, 0.25) is 0 Å². The highest BCUT2D eigenvalue weighted by atomic mass is 16.7. The number of hydrogen-bond donors (Lipinski definition) is 0. The molecule has 3 aliphatic rings. The van der Waals surface area contributed by atoms with E-state index in [4.69, 9.17) is 9.47 Å². The van der Waals surface area contributed by atoms with Crippen molar-refractivity contribution in [3.8, 4) is 11.4 Å². The average molecular weight is 452 g/mol. The molecule has 3 heteroatoms. The predicted molar refractivity (Wildman–Crippen MR) is 138 cm³/mol. The molecule has 0 saturated heterocycles. The van der Waals surface area contributed by atoms with Crippen LogP contribution in [0.25, 0.3) is 27.5 Å². The third-order valence-electron chi connectivity index (χ3n) is 8.99. The number of aromatic nitrogens is 1. The number of hydrogen-bond acceptors (Lipinski definition) is 2. The molecule has 1 heterocycles. The third-order valence-corrected chi connectivity index (χ3v) is 8.99. The van der Waals surface area contributed by atoms with E-state index in [2.05, 4.69) is 86.0 Å². The number of benzene rings is 3. The molecule has 7 rings (SSSR count). The summed E-state index contributed by atoms with van der Waals surface area (Å²) < 4.78 is 15.1. The SMILES string of the molecule is Cc1cc(-n2c3ccccc3c3ccccc32)cc(C)c1OCOC1C2CC(C)CC3(C2)CC13. The van der Waals surface area contributed by atoms with E-state index in [0.717, 1.165) is 34.6 Å². The van der Waals surface area contributed by atoms with Gasteiger partial charge in [0.25, 0.3) is 0 Å². The van der Waals surface area contributed by atoms with Crippen LogP contribution >= 0.6 is 0 Å². The van der Waals surface area contributed by atoms with Crippen LogP contribution in [-0.2, 0) is 4.74 Å².